The summed E-state index contributed by atoms with van der Waals surface area (Å²) in [7, 11) is 0. The molecule has 2 rings (SSSR count). The monoisotopic (exact) mass is 284 g/mol. The van der Waals surface area contributed by atoms with Crippen molar-refractivity contribution in [2.24, 2.45) is 0 Å². The van der Waals surface area contributed by atoms with Crippen LogP contribution in [0.2, 0.25) is 0 Å². The van der Waals surface area contributed by atoms with Crippen LogP contribution in [0.4, 0.5) is 0 Å². The fraction of sp³-hybridized carbons (Fsp3) is 0.545. The zero-order chi connectivity index (χ0) is 13.7. The minimum atomic E-state index is -0.215. The highest BCUT2D eigenvalue weighted by Gasteiger charge is 2.09. The summed E-state index contributed by atoms with van der Waals surface area (Å²) >= 11 is 1.42. The van der Waals surface area contributed by atoms with E-state index in [0.717, 1.165) is 5.75 Å². The van der Waals surface area contributed by atoms with Crippen molar-refractivity contribution in [3.8, 4) is 0 Å². The van der Waals surface area contributed by atoms with Crippen LogP contribution in [0.25, 0.3) is 11.0 Å². The molecule has 7 nitrogen and oxygen atoms in total. The lowest BCUT2D eigenvalue weighted by Gasteiger charge is -2.03. The van der Waals surface area contributed by atoms with E-state index in [-0.39, 0.29) is 12.2 Å². The Kier molecular flexibility index (Phi) is 4.94. The second kappa shape index (κ2) is 6.69. The topological polar surface area (TPSA) is 93.0 Å². The van der Waals surface area contributed by atoms with E-state index in [4.69, 9.17) is 9.84 Å². The summed E-state index contributed by atoms with van der Waals surface area (Å²) in [6.45, 7) is 3.50. The van der Waals surface area contributed by atoms with Gasteiger partial charge in [0.15, 0.2) is 10.8 Å². The third-order valence-electron chi connectivity index (χ3n) is 2.47. The standard InChI is InChI=1S/C11H16N4O3S/c1-2-18-5-6-19-11-13-9-8(10(17)14-11)7-12-15(9)3-4-16/h7,16H,2-6H2,1H3,(H,13,14,17). The van der Waals surface area contributed by atoms with Crippen molar-refractivity contribution < 1.29 is 9.84 Å². The van der Waals surface area contributed by atoms with Crippen molar-refractivity contribution in [2.45, 2.75) is 18.6 Å². The number of H-pyrrole nitrogens is 1. The number of aliphatic hydroxyl groups is 1. The molecule has 0 bridgehead atoms. The molecule has 2 aromatic rings. The van der Waals surface area contributed by atoms with Gasteiger partial charge >= 0.3 is 0 Å². The molecule has 19 heavy (non-hydrogen) atoms. The molecule has 0 amide bonds. The molecular formula is C11H16N4O3S. The summed E-state index contributed by atoms with van der Waals surface area (Å²) in [5.41, 5.74) is 0.282. The van der Waals surface area contributed by atoms with E-state index in [0.29, 0.717) is 35.9 Å². The Hall–Kier alpha value is -1.38. The minimum absolute atomic E-state index is 0.0436. The molecule has 0 saturated carbocycles. The van der Waals surface area contributed by atoms with Crippen LogP contribution in [0.3, 0.4) is 0 Å². The largest absolute Gasteiger partial charge is 0.394 e. The van der Waals surface area contributed by atoms with E-state index in [1.54, 1.807) is 0 Å². The number of aromatic amines is 1. The highest BCUT2D eigenvalue weighted by molar-refractivity contribution is 7.99. The van der Waals surface area contributed by atoms with Crippen LogP contribution < -0.4 is 5.56 Å². The Labute approximate surface area is 114 Å². The Balaban J connectivity index is 2.21. The van der Waals surface area contributed by atoms with Crippen LogP contribution in [0.1, 0.15) is 6.92 Å². The number of thioether (sulfide) groups is 1. The fourth-order valence-corrected chi connectivity index (χ4v) is 2.32. The molecule has 2 N–H and O–H groups in total. The van der Waals surface area contributed by atoms with Crippen LogP contribution >= 0.6 is 11.8 Å². The quantitative estimate of drug-likeness (QED) is 0.430. The van der Waals surface area contributed by atoms with Crippen molar-refractivity contribution in [3.05, 3.63) is 16.6 Å². The molecule has 8 heteroatoms. The van der Waals surface area contributed by atoms with Gasteiger partial charge in [-0.05, 0) is 6.92 Å². The summed E-state index contributed by atoms with van der Waals surface area (Å²) in [6.07, 6.45) is 1.46. The number of fused-ring (bicyclic) bond motifs is 1. The first kappa shape index (κ1) is 14.0. The van der Waals surface area contributed by atoms with Gasteiger partial charge in [-0.3, -0.25) is 4.79 Å². The third kappa shape index (κ3) is 3.34. The van der Waals surface area contributed by atoms with Gasteiger partial charge in [-0.25, -0.2) is 9.67 Å². The third-order valence-corrected chi connectivity index (χ3v) is 3.30. The molecule has 0 saturated heterocycles. The molecule has 0 atom stereocenters. The summed E-state index contributed by atoms with van der Waals surface area (Å²) < 4.78 is 6.75. The van der Waals surface area contributed by atoms with Gasteiger partial charge in [0.05, 0.1) is 26.0 Å². The Bertz CT molecular complexity index is 595. The SMILES string of the molecule is CCOCCSc1nc2c(cnn2CCO)c(=O)[nH]1. The van der Waals surface area contributed by atoms with E-state index in [1.165, 1.54) is 22.6 Å². The molecule has 2 aromatic heterocycles. The lowest BCUT2D eigenvalue weighted by molar-refractivity contribution is 0.164. The van der Waals surface area contributed by atoms with Gasteiger partial charge in [0.25, 0.3) is 5.56 Å². The maximum Gasteiger partial charge on any atom is 0.262 e. The number of aliphatic hydroxyl groups excluding tert-OH is 1. The molecule has 0 radical (unpaired) electrons. The molecule has 0 aliphatic carbocycles. The number of nitrogens with one attached hydrogen (secondary N) is 1. The highest BCUT2D eigenvalue weighted by atomic mass is 32.2. The van der Waals surface area contributed by atoms with E-state index < -0.39 is 0 Å². The number of ether oxygens (including phenoxy) is 1. The van der Waals surface area contributed by atoms with E-state index in [2.05, 4.69) is 15.1 Å². The maximum atomic E-state index is 11.9. The van der Waals surface area contributed by atoms with Crippen LogP contribution in [0.15, 0.2) is 16.1 Å². The lowest BCUT2D eigenvalue weighted by atomic mass is 10.4. The molecule has 0 aromatic carbocycles. The number of aromatic nitrogens is 4. The summed E-state index contributed by atoms with van der Waals surface area (Å²) in [4.78, 5) is 18.9. The Morgan fingerprint density at radius 2 is 2.42 bits per heavy atom. The normalized spacial score (nSPS) is 11.3. The predicted molar refractivity (Wildman–Crippen MR) is 72.5 cm³/mol. The van der Waals surface area contributed by atoms with E-state index in [1.807, 2.05) is 6.92 Å². The van der Waals surface area contributed by atoms with E-state index >= 15 is 0 Å². The average Bonchev–Trinajstić information content (AvgIpc) is 2.79. The first-order valence-corrected chi connectivity index (χ1v) is 7.02. The smallest absolute Gasteiger partial charge is 0.262 e. The van der Waals surface area contributed by atoms with Crippen LogP contribution in [0.5, 0.6) is 0 Å². The molecule has 104 valence electrons. The number of hydrogen-bond donors (Lipinski definition) is 2. The Morgan fingerprint density at radius 3 is 3.16 bits per heavy atom. The summed E-state index contributed by atoms with van der Waals surface area (Å²) in [6, 6.07) is 0. The van der Waals surface area contributed by atoms with Crippen molar-refractivity contribution >= 4 is 22.8 Å². The van der Waals surface area contributed by atoms with Crippen molar-refractivity contribution in [1.82, 2.24) is 19.7 Å². The molecule has 0 aliphatic heterocycles. The lowest BCUT2D eigenvalue weighted by Crippen LogP contribution is -2.11. The second-order valence-electron chi connectivity index (χ2n) is 3.75. The number of hydrogen-bond acceptors (Lipinski definition) is 6. The first-order chi connectivity index (χ1) is 9.26. The highest BCUT2D eigenvalue weighted by Crippen LogP contribution is 2.14. The molecule has 0 unspecified atom stereocenters. The number of nitrogens with zero attached hydrogens (tertiary/aromatic N) is 3. The Morgan fingerprint density at radius 1 is 1.58 bits per heavy atom. The van der Waals surface area contributed by atoms with Gasteiger partial charge in [0, 0.05) is 12.4 Å². The van der Waals surface area contributed by atoms with Gasteiger partial charge in [-0.2, -0.15) is 5.10 Å². The second-order valence-corrected chi connectivity index (χ2v) is 4.83. The molecular weight excluding hydrogens is 268 g/mol. The van der Waals surface area contributed by atoms with Gasteiger partial charge < -0.3 is 14.8 Å². The van der Waals surface area contributed by atoms with Gasteiger partial charge in [-0.1, -0.05) is 11.8 Å². The van der Waals surface area contributed by atoms with E-state index in [9.17, 15) is 4.79 Å². The molecule has 2 heterocycles. The van der Waals surface area contributed by atoms with Crippen molar-refractivity contribution in [3.63, 3.8) is 0 Å². The zero-order valence-electron chi connectivity index (χ0n) is 10.6. The zero-order valence-corrected chi connectivity index (χ0v) is 11.4. The molecule has 0 fully saturated rings. The van der Waals surface area contributed by atoms with Crippen molar-refractivity contribution in [2.75, 3.05) is 25.6 Å². The molecule has 0 aliphatic rings. The van der Waals surface area contributed by atoms with Gasteiger partial charge in [-0.15, -0.1) is 0 Å². The van der Waals surface area contributed by atoms with Crippen LogP contribution in [-0.4, -0.2) is 50.4 Å². The fourth-order valence-electron chi connectivity index (χ4n) is 1.61. The number of rotatable bonds is 7. The van der Waals surface area contributed by atoms with Crippen LogP contribution in [0, 0.1) is 0 Å². The van der Waals surface area contributed by atoms with Gasteiger partial charge in [0.2, 0.25) is 0 Å². The van der Waals surface area contributed by atoms with Gasteiger partial charge in [0.1, 0.15) is 5.39 Å². The predicted octanol–water partition coefficient (Wildman–Crippen LogP) is 0.241. The molecule has 0 spiro atoms. The maximum absolute atomic E-state index is 11.9. The first-order valence-electron chi connectivity index (χ1n) is 6.03. The van der Waals surface area contributed by atoms with Crippen molar-refractivity contribution in [1.29, 1.82) is 0 Å². The summed E-state index contributed by atoms with van der Waals surface area (Å²) in [5, 5.41) is 13.9. The average molecular weight is 284 g/mol. The minimum Gasteiger partial charge on any atom is -0.394 e. The summed E-state index contributed by atoms with van der Waals surface area (Å²) in [5.74, 6) is 0.719. The van der Waals surface area contributed by atoms with Crippen LogP contribution in [-0.2, 0) is 11.3 Å².